The van der Waals surface area contributed by atoms with Crippen LogP contribution in [0.2, 0.25) is 0 Å². The van der Waals surface area contributed by atoms with E-state index in [2.05, 4.69) is 10.6 Å². The topological polar surface area (TPSA) is 171 Å². The van der Waals surface area contributed by atoms with Crippen molar-refractivity contribution in [3.63, 3.8) is 0 Å². The van der Waals surface area contributed by atoms with Crippen LogP contribution >= 0.6 is 0 Å². The maximum absolute atomic E-state index is 14.5. The van der Waals surface area contributed by atoms with Crippen LogP contribution in [-0.4, -0.2) is 93.1 Å². The third-order valence-corrected chi connectivity index (χ3v) is 11.7. The molecule has 7 fully saturated rings. The molecule has 5 aliphatic carbocycles. The molecule has 0 aromatic heterocycles. The Kier molecular flexibility index (Phi) is 8.59. The van der Waals surface area contributed by atoms with Crippen LogP contribution in [0.1, 0.15) is 92.4 Å². The lowest BCUT2D eigenvalue weighted by Gasteiger charge is -2.51. The largest absolute Gasteiger partial charge is 0.444 e. The van der Waals surface area contributed by atoms with Gasteiger partial charge in [-0.05, 0) is 114 Å². The van der Waals surface area contributed by atoms with E-state index >= 15 is 0 Å². The highest BCUT2D eigenvalue weighted by Gasteiger charge is 2.60. The first-order chi connectivity index (χ1) is 21.5. The van der Waals surface area contributed by atoms with E-state index in [1.807, 2.05) is 13.8 Å². The second-order valence-electron chi connectivity index (χ2n) is 16.7. The number of rotatable bonds is 8. The Morgan fingerprint density at radius 2 is 1.63 bits per heavy atom. The first kappa shape index (κ1) is 33.0. The smallest absolute Gasteiger partial charge is 0.408 e. The lowest BCUT2D eigenvalue weighted by Crippen LogP contribution is -2.63. The van der Waals surface area contributed by atoms with E-state index in [-0.39, 0.29) is 47.3 Å². The molecule has 7 rings (SSSR count). The van der Waals surface area contributed by atoms with Crippen molar-refractivity contribution < 1.29 is 33.8 Å². The molecule has 12 heteroatoms. The van der Waals surface area contributed by atoms with Gasteiger partial charge in [0.05, 0.1) is 5.60 Å². The highest BCUT2D eigenvalue weighted by molar-refractivity contribution is 5.96. The Morgan fingerprint density at radius 1 is 0.913 bits per heavy atom. The number of nitrogens with zero attached hydrogens (tertiary/aromatic N) is 2. The van der Waals surface area contributed by atoms with Gasteiger partial charge in [-0.25, -0.2) is 4.79 Å². The average molecular weight is 644 g/mol. The van der Waals surface area contributed by atoms with Crippen molar-refractivity contribution in [3.05, 3.63) is 0 Å². The predicted octanol–water partition coefficient (Wildman–Crippen LogP) is 1.92. The van der Waals surface area contributed by atoms with Gasteiger partial charge in [0.2, 0.25) is 23.6 Å². The number of hydrogen-bond acceptors (Lipinski definition) is 7. The number of piperidine rings is 1. The Labute approximate surface area is 271 Å². The van der Waals surface area contributed by atoms with Crippen molar-refractivity contribution >= 4 is 29.7 Å². The van der Waals surface area contributed by atoms with Gasteiger partial charge in [-0.3, -0.25) is 19.2 Å². The van der Waals surface area contributed by atoms with Crippen LogP contribution < -0.4 is 16.4 Å². The molecule has 5 N–H and O–H groups in total. The van der Waals surface area contributed by atoms with E-state index in [4.69, 9.17) is 10.5 Å². The average Bonchev–Trinajstić information content (AvgIpc) is 3.41. The summed E-state index contributed by atoms with van der Waals surface area (Å²) in [7, 11) is 0. The van der Waals surface area contributed by atoms with E-state index in [0.717, 1.165) is 32.1 Å². The maximum atomic E-state index is 14.5. The number of hydrogen-bond donors (Lipinski definition) is 4. The first-order valence-corrected chi connectivity index (χ1v) is 17.5. The summed E-state index contributed by atoms with van der Waals surface area (Å²) < 4.78 is 5.41. The van der Waals surface area contributed by atoms with E-state index in [1.165, 1.54) is 4.90 Å². The quantitative estimate of drug-likeness (QED) is 0.313. The fourth-order valence-electron chi connectivity index (χ4n) is 9.92. The Balaban J connectivity index is 1.24. The first-order valence-electron chi connectivity index (χ1n) is 17.5. The zero-order valence-corrected chi connectivity index (χ0v) is 28.0. The third-order valence-electron chi connectivity index (χ3n) is 11.7. The molecule has 12 nitrogen and oxygen atoms in total. The normalized spacial score (nSPS) is 37.4. The Bertz CT molecular complexity index is 1260. The number of likely N-dealkylation sites (tertiary alicyclic amines) is 2. The molecule has 256 valence electrons. The zero-order chi connectivity index (χ0) is 33.3. The SMILES string of the molecule is CC(C)C(NC(=O)OC(C)(C)C)C(=O)N1CCCC1C(=O)NC(C(=O)N1CC2CC2C1C(N)=O)C1C2CCC3CC1CC(O)(C3)C2. The number of carbonyl (C=O) groups is 5. The summed E-state index contributed by atoms with van der Waals surface area (Å²) in [4.78, 5) is 71.0. The number of nitrogens with two attached hydrogens (primary N) is 1. The van der Waals surface area contributed by atoms with Crippen molar-refractivity contribution in [1.82, 2.24) is 20.4 Å². The summed E-state index contributed by atoms with van der Waals surface area (Å²) in [6.45, 7) is 9.73. The van der Waals surface area contributed by atoms with Gasteiger partial charge in [0.1, 0.15) is 29.8 Å². The fourth-order valence-corrected chi connectivity index (χ4v) is 9.92. The number of ether oxygens (including phenoxy) is 1. The Morgan fingerprint density at radius 3 is 2.30 bits per heavy atom. The van der Waals surface area contributed by atoms with E-state index in [0.29, 0.717) is 44.7 Å². The monoisotopic (exact) mass is 643 g/mol. The minimum atomic E-state index is -0.887. The molecule has 11 atom stereocenters. The van der Waals surface area contributed by atoms with Crippen molar-refractivity contribution in [2.75, 3.05) is 13.1 Å². The number of alkyl carbamates (subject to hydrolysis) is 1. The van der Waals surface area contributed by atoms with Crippen LogP contribution in [0.25, 0.3) is 0 Å². The van der Waals surface area contributed by atoms with Crippen molar-refractivity contribution in [2.45, 2.75) is 128 Å². The Hall–Kier alpha value is -2.89. The molecular weight excluding hydrogens is 590 g/mol. The molecule has 2 aliphatic heterocycles. The van der Waals surface area contributed by atoms with Gasteiger partial charge in [0, 0.05) is 13.1 Å². The number of fused-ring (bicyclic) bond motifs is 2. The molecule has 4 bridgehead atoms. The molecule has 0 spiro atoms. The molecule has 46 heavy (non-hydrogen) atoms. The van der Waals surface area contributed by atoms with Gasteiger partial charge in [0.25, 0.3) is 0 Å². The third kappa shape index (κ3) is 6.34. The highest BCUT2D eigenvalue weighted by Crippen LogP contribution is 2.57. The molecule has 5 amide bonds. The van der Waals surface area contributed by atoms with Gasteiger partial charge < -0.3 is 36.0 Å². The highest BCUT2D eigenvalue weighted by atomic mass is 16.6. The molecule has 0 radical (unpaired) electrons. The predicted molar refractivity (Wildman–Crippen MR) is 168 cm³/mol. The van der Waals surface area contributed by atoms with Gasteiger partial charge in [-0.2, -0.15) is 0 Å². The molecular formula is C34H53N5O7. The maximum Gasteiger partial charge on any atom is 0.408 e. The van der Waals surface area contributed by atoms with Crippen LogP contribution in [0.5, 0.6) is 0 Å². The van der Waals surface area contributed by atoms with E-state index < -0.39 is 53.3 Å². The number of primary amides is 1. The summed E-state index contributed by atoms with van der Waals surface area (Å²) in [6, 6.07) is -3.23. The molecule has 11 unspecified atom stereocenters. The molecule has 2 heterocycles. The van der Waals surface area contributed by atoms with Gasteiger partial charge >= 0.3 is 6.09 Å². The molecule has 5 saturated carbocycles. The standard InChI is InChI=1S/C34H53N5O7/c1-17(2)25(37-32(44)46-33(3,4)5)30(42)38-10-6-7-23(38)29(41)36-26(31(43)39-16-21-12-22(21)27(39)28(35)40)24-19-9-8-18-11-20(24)15-34(45,13-18)14-19/h17-27,45H,6-16H2,1-5H3,(H2,35,40)(H,36,41)(H,37,44). The van der Waals surface area contributed by atoms with E-state index in [1.54, 1.807) is 25.7 Å². The summed E-state index contributed by atoms with van der Waals surface area (Å²) in [5.74, 6) is -1.08. The number of carbonyl (C=O) groups excluding carboxylic acids is 5. The lowest BCUT2D eigenvalue weighted by molar-refractivity contribution is -0.150. The molecule has 2 saturated heterocycles. The van der Waals surface area contributed by atoms with E-state index in [9.17, 15) is 29.1 Å². The molecule has 0 aromatic rings. The fraction of sp³-hybridized carbons (Fsp3) is 0.853. The van der Waals surface area contributed by atoms with Crippen molar-refractivity contribution in [3.8, 4) is 0 Å². The number of amides is 5. The second-order valence-corrected chi connectivity index (χ2v) is 16.7. The van der Waals surface area contributed by atoms with Gasteiger partial charge in [0.15, 0.2) is 0 Å². The summed E-state index contributed by atoms with van der Waals surface area (Å²) in [5, 5.41) is 17.3. The summed E-state index contributed by atoms with van der Waals surface area (Å²) >= 11 is 0. The zero-order valence-electron chi connectivity index (χ0n) is 28.0. The molecule has 0 aromatic carbocycles. The van der Waals surface area contributed by atoms with Crippen molar-refractivity contribution in [2.24, 2.45) is 47.2 Å². The van der Waals surface area contributed by atoms with Crippen LogP contribution in [0.15, 0.2) is 0 Å². The number of nitrogens with one attached hydrogen (secondary N) is 2. The van der Waals surface area contributed by atoms with Gasteiger partial charge in [-0.1, -0.05) is 20.3 Å². The van der Waals surface area contributed by atoms with Crippen LogP contribution in [0.3, 0.4) is 0 Å². The van der Waals surface area contributed by atoms with Crippen LogP contribution in [-0.2, 0) is 23.9 Å². The summed E-state index contributed by atoms with van der Waals surface area (Å²) in [6.07, 6.45) is 6.04. The van der Waals surface area contributed by atoms with Crippen LogP contribution in [0.4, 0.5) is 4.79 Å². The van der Waals surface area contributed by atoms with Crippen LogP contribution in [0, 0.1) is 41.4 Å². The lowest BCUT2D eigenvalue weighted by atomic mass is 9.58. The summed E-state index contributed by atoms with van der Waals surface area (Å²) in [5.41, 5.74) is 4.36. The molecule has 7 aliphatic rings. The minimum absolute atomic E-state index is 0.0688. The van der Waals surface area contributed by atoms with Crippen molar-refractivity contribution in [1.29, 1.82) is 0 Å². The second kappa shape index (κ2) is 12.0. The van der Waals surface area contributed by atoms with Gasteiger partial charge in [-0.15, -0.1) is 0 Å². The minimum Gasteiger partial charge on any atom is -0.444 e. The number of aliphatic hydroxyl groups is 1.